The molecule has 1 aromatic heterocycles. The summed E-state index contributed by atoms with van der Waals surface area (Å²) in [6, 6.07) is 16.6. The van der Waals surface area contributed by atoms with Crippen molar-refractivity contribution in [1.82, 2.24) is 9.62 Å². The van der Waals surface area contributed by atoms with Crippen LogP contribution in [0.4, 0.5) is 4.39 Å². The molecule has 1 saturated heterocycles. The van der Waals surface area contributed by atoms with Gasteiger partial charge in [0.1, 0.15) is 5.82 Å². The number of carbonyl (C=O) groups is 1. The number of carbonyl (C=O) groups excluding carboxylic acids is 1. The quantitative estimate of drug-likeness (QED) is 0.566. The molecule has 0 bridgehead atoms. The van der Waals surface area contributed by atoms with Gasteiger partial charge in [-0.2, -0.15) is 4.31 Å². The molecule has 0 atom stereocenters. The number of aryl methyl sites for hydroxylation is 1. The molecule has 2 aromatic carbocycles. The molecule has 8 heteroatoms. The Labute approximate surface area is 191 Å². The summed E-state index contributed by atoms with van der Waals surface area (Å²) in [6.07, 6.45) is 1.41. The Morgan fingerprint density at radius 2 is 1.75 bits per heavy atom. The first-order chi connectivity index (χ1) is 15.3. The molecule has 168 valence electrons. The van der Waals surface area contributed by atoms with E-state index in [1.54, 1.807) is 42.5 Å². The summed E-state index contributed by atoms with van der Waals surface area (Å²) in [5.74, 6) is -0.187. The van der Waals surface area contributed by atoms with Crippen molar-refractivity contribution in [3.05, 3.63) is 76.9 Å². The molecular formula is C24H25FN2O3S2. The van der Waals surface area contributed by atoms with Crippen LogP contribution < -0.4 is 5.32 Å². The highest BCUT2D eigenvalue weighted by Gasteiger charge is 2.29. The third kappa shape index (κ3) is 4.92. The van der Waals surface area contributed by atoms with Crippen LogP contribution in [0.25, 0.3) is 10.4 Å². The number of piperidine rings is 1. The molecule has 4 rings (SSSR count). The third-order valence-electron chi connectivity index (χ3n) is 5.75. The van der Waals surface area contributed by atoms with Gasteiger partial charge in [-0.15, -0.1) is 11.3 Å². The van der Waals surface area contributed by atoms with Gasteiger partial charge in [0.2, 0.25) is 10.0 Å². The average Bonchev–Trinajstić information content (AvgIpc) is 3.20. The first-order valence-corrected chi connectivity index (χ1v) is 12.8. The summed E-state index contributed by atoms with van der Waals surface area (Å²) >= 11 is 1.39. The second kappa shape index (κ2) is 9.52. The Morgan fingerprint density at radius 1 is 1.09 bits per heavy atom. The van der Waals surface area contributed by atoms with Gasteiger partial charge in [-0.05, 0) is 67.1 Å². The van der Waals surface area contributed by atoms with E-state index in [0.717, 1.165) is 16.0 Å². The molecule has 1 aliphatic heterocycles. The molecule has 32 heavy (non-hydrogen) atoms. The number of hydrogen-bond donors (Lipinski definition) is 1. The molecule has 0 radical (unpaired) electrons. The lowest BCUT2D eigenvalue weighted by atomic mass is 9.98. The standard InChI is InChI=1S/C24H25FN2O3S2/c1-17-15-22(31-23(17)19-7-9-20(25)10-8-19)24(28)26-16-18-11-13-27(14-12-18)32(29,30)21-5-3-2-4-6-21/h2-10,15,18H,11-14,16H2,1H3,(H,26,28). The van der Waals surface area contributed by atoms with Gasteiger partial charge in [0, 0.05) is 24.5 Å². The highest BCUT2D eigenvalue weighted by molar-refractivity contribution is 7.89. The van der Waals surface area contributed by atoms with Crippen molar-refractivity contribution in [3.8, 4) is 10.4 Å². The monoisotopic (exact) mass is 472 g/mol. The van der Waals surface area contributed by atoms with Gasteiger partial charge in [0.15, 0.2) is 0 Å². The fourth-order valence-electron chi connectivity index (χ4n) is 3.90. The fraction of sp³-hybridized carbons (Fsp3) is 0.292. The summed E-state index contributed by atoms with van der Waals surface area (Å²) in [5, 5.41) is 3.00. The van der Waals surface area contributed by atoms with Crippen LogP contribution in [0, 0.1) is 18.7 Å². The molecule has 5 nitrogen and oxygen atoms in total. The van der Waals surface area contributed by atoms with Crippen LogP contribution in [0.1, 0.15) is 28.1 Å². The van der Waals surface area contributed by atoms with E-state index < -0.39 is 10.0 Å². The van der Waals surface area contributed by atoms with Crippen molar-refractivity contribution >= 4 is 27.3 Å². The van der Waals surface area contributed by atoms with Crippen molar-refractivity contribution in [3.63, 3.8) is 0 Å². The molecule has 0 aliphatic carbocycles. The fourth-order valence-corrected chi connectivity index (χ4v) is 6.49. The number of thiophene rings is 1. The maximum Gasteiger partial charge on any atom is 0.261 e. The summed E-state index contributed by atoms with van der Waals surface area (Å²) in [5.41, 5.74) is 1.87. The lowest BCUT2D eigenvalue weighted by molar-refractivity contribution is 0.0945. The molecule has 1 N–H and O–H groups in total. The molecule has 0 spiro atoms. The Morgan fingerprint density at radius 3 is 2.41 bits per heavy atom. The van der Waals surface area contributed by atoms with Crippen molar-refractivity contribution in [2.24, 2.45) is 5.92 Å². The SMILES string of the molecule is Cc1cc(C(=O)NCC2CCN(S(=O)(=O)c3ccccc3)CC2)sc1-c1ccc(F)cc1. The number of nitrogens with one attached hydrogen (secondary N) is 1. The Kier molecular flexibility index (Phi) is 6.74. The summed E-state index contributed by atoms with van der Waals surface area (Å²) < 4.78 is 40.2. The average molecular weight is 473 g/mol. The zero-order valence-corrected chi connectivity index (χ0v) is 19.4. The molecule has 0 saturated carbocycles. The van der Waals surface area contributed by atoms with Crippen molar-refractivity contribution in [2.75, 3.05) is 19.6 Å². The highest BCUT2D eigenvalue weighted by atomic mass is 32.2. The second-order valence-electron chi connectivity index (χ2n) is 8.00. The number of halogens is 1. The second-order valence-corrected chi connectivity index (χ2v) is 11.0. The van der Waals surface area contributed by atoms with Crippen LogP contribution >= 0.6 is 11.3 Å². The lowest BCUT2D eigenvalue weighted by Crippen LogP contribution is -2.41. The van der Waals surface area contributed by atoms with Crippen LogP contribution in [0.15, 0.2) is 65.6 Å². The van der Waals surface area contributed by atoms with Crippen LogP contribution in [0.2, 0.25) is 0 Å². The van der Waals surface area contributed by atoms with E-state index in [4.69, 9.17) is 0 Å². The van der Waals surface area contributed by atoms with Gasteiger partial charge in [0.05, 0.1) is 9.77 Å². The number of hydrogen-bond acceptors (Lipinski definition) is 4. The Balaban J connectivity index is 1.32. The zero-order chi connectivity index (χ0) is 22.7. The number of sulfonamides is 1. The topological polar surface area (TPSA) is 66.5 Å². The number of rotatable bonds is 6. The Hall–Kier alpha value is -2.55. The van der Waals surface area contributed by atoms with Gasteiger partial charge < -0.3 is 5.32 Å². The Bertz CT molecular complexity index is 1180. The van der Waals surface area contributed by atoms with Crippen molar-refractivity contribution in [2.45, 2.75) is 24.7 Å². The first-order valence-electron chi connectivity index (χ1n) is 10.5. The predicted octanol–water partition coefficient (Wildman–Crippen LogP) is 4.69. The van der Waals surface area contributed by atoms with Crippen LogP contribution in [-0.4, -0.2) is 38.3 Å². The number of amides is 1. The minimum absolute atomic E-state index is 0.134. The van der Waals surface area contributed by atoms with Crippen LogP contribution in [0.3, 0.4) is 0 Å². The van der Waals surface area contributed by atoms with Crippen molar-refractivity contribution < 1.29 is 17.6 Å². The summed E-state index contributed by atoms with van der Waals surface area (Å²) in [4.78, 5) is 14.6. The predicted molar refractivity (Wildman–Crippen MR) is 125 cm³/mol. The lowest BCUT2D eigenvalue weighted by Gasteiger charge is -2.31. The molecule has 1 amide bonds. The molecule has 2 heterocycles. The van der Waals surface area contributed by atoms with E-state index in [9.17, 15) is 17.6 Å². The van der Waals surface area contributed by atoms with Crippen LogP contribution in [-0.2, 0) is 10.0 Å². The van der Waals surface area contributed by atoms with E-state index >= 15 is 0 Å². The van der Waals surface area contributed by atoms with Gasteiger partial charge in [0.25, 0.3) is 5.91 Å². The van der Waals surface area contributed by atoms with Crippen LogP contribution in [0.5, 0.6) is 0 Å². The largest absolute Gasteiger partial charge is 0.351 e. The molecule has 3 aromatic rings. The highest BCUT2D eigenvalue weighted by Crippen LogP contribution is 2.32. The van der Waals surface area contributed by atoms with Gasteiger partial charge in [-0.1, -0.05) is 30.3 Å². The van der Waals surface area contributed by atoms with E-state index in [0.29, 0.717) is 42.2 Å². The van der Waals surface area contributed by atoms with E-state index in [1.165, 1.54) is 27.8 Å². The van der Waals surface area contributed by atoms with E-state index in [-0.39, 0.29) is 17.6 Å². The maximum absolute atomic E-state index is 13.2. The maximum atomic E-state index is 13.2. The minimum atomic E-state index is -3.47. The zero-order valence-electron chi connectivity index (χ0n) is 17.8. The summed E-state index contributed by atoms with van der Waals surface area (Å²) in [7, 11) is -3.47. The summed E-state index contributed by atoms with van der Waals surface area (Å²) in [6.45, 7) is 3.35. The number of benzene rings is 2. The van der Waals surface area contributed by atoms with Gasteiger partial charge in [-0.3, -0.25) is 4.79 Å². The minimum Gasteiger partial charge on any atom is -0.351 e. The number of nitrogens with zero attached hydrogens (tertiary/aromatic N) is 1. The normalized spacial score (nSPS) is 15.6. The third-order valence-corrected chi connectivity index (χ3v) is 8.95. The molecule has 1 aliphatic rings. The first kappa shape index (κ1) is 22.6. The van der Waals surface area contributed by atoms with Gasteiger partial charge in [-0.25, -0.2) is 12.8 Å². The smallest absolute Gasteiger partial charge is 0.261 e. The van der Waals surface area contributed by atoms with Crippen molar-refractivity contribution in [1.29, 1.82) is 0 Å². The molecule has 1 fully saturated rings. The van der Waals surface area contributed by atoms with Gasteiger partial charge >= 0.3 is 0 Å². The van der Waals surface area contributed by atoms with E-state index in [1.807, 2.05) is 13.0 Å². The molecular weight excluding hydrogens is 447 g/mol. The van der Waals surface area contributed by atoms with E-state index in [2.05, 4.69) is 5.32 Å². The molecule has 0 unspecified atom stereocenters.